The maximum absolute atomic E-state index is 13.4. The molecule has 8 heteroatoms. The third kappa shape index (κ3) is 3.84. The number of carbonyl (C=O) groups excluding carboxylic acids is 2. The number of carbonyl (C=O) groups is 2. The van der Waals surface area contributed by atoms with Gasteiger partial charge in [0.15, 0.2) is 0 Å². The second kappa shape index (κ2) is 8.05. The maximum atomic E-state index is 13.4. The van der Waals surface area contributed by atoms with Gasteiger partial charge in [0.2, 0.25) is 5.91 Å². The van der Waals surface area contributed by atoms with Crippen molar-refractivity contribution in [2.45, 2.75) is 12.8 Å². The average Bonchev–Trinajstić information content (AvgIpc) is 3.07. The molecule has 0 aromatic heterocycles. The van der Waals surface area contributed by atoms with Crippen molar-refractivity contribution in [3.63, 3.8) is 0 Å². The number of amides is 3. The first-order chi connectivity index (χ1) is 13.6. The summed E-state index contributed by atoms with van der Waals surface area (Å²) < 4.78 is 24.3. The number of hydrogen-bond donors (Lipinski definition) is 1. The van der Waals surface area contributed by atoms with E-state index in [1.807, 2.05) is 4.90 Å². The second-order valence-electron chi connectivity index (χ2n) is 7.79. The van der Waals surface area contributed by atoms with E-state index in [1.54, 1.807) is 17.0 Å². The summed E-state index contributed by atoms with van der Waals surface area (Å²) >= 11 is 0. The molecule has 7 nitrogen and oxygen atoms in total. The van der Waals surface area contributed by atoms with E-state index in [4.69, 9.17) is 9.47 Å². The van der Waals surface area contributed by atoms with Gasteiger partial charge in [-0.05, 0) is 31.0 Å². The van der Waals surface area contributed by atoms with Gasteiger partial charge in [0.25, 0.3) is 0 Å². The third-order valence-electron chi connectivity index (χ3n) is 6.12. The normalized spacial score (nSPS) is 24.4. The fourth-order valence-corrected chi connectivity index (χ4v) is 4.52. The van der Waals surface area contributed by atoms with E-state index in [1.165, 1.54) is 12.1 Å². The first-order valence-electron chi connectivity index (χ1n) is 9.83. The van der Waals surface area contributed by atoms with Crippen LogP contribution in [0.5, 0.6) is 0 Å². The van der Waals surface area contributed by atoms with E-state index in [0.29, 0.717) is 58.3 Å². The van der Waals surface area contributed by atoms with Gasteiger partial charge in [-0.15, -0.1) is 0 Å². The summed E-state index contributed by atoms with van der Waals surface area (Å²) in [4.78, 5) is 29.6. The molecule has 1 atom stereocenters. The van der Waals surface area contributed by atoms with E-state index < -0.39 is 5.82 Å². The standard InChI is InChI=1S/C20H26FN3O4/c21-15-2-1-3-16(12-15)22-19(26)24-13-17(18(25)23-6-10-28-11-7-23)20(14-24)4-8-27-9-5-20/h1-3,12,17H,4-11,13-14H2,(H,22,26)/t17-/m1/s1. The molecule has 152 valence electrons. The Balaban J connectivity index is 1.50. The van der Waals surface area contributed by atoms with E-state index in [0.717, 1.165) is 12.8 Å². The number of likely N-dealkylation sites (tertiary alicyclic amines) is 1. The number of halogens is 1. The number of ether oxygens (including phenoxy) is 2. The molecule has 1 N–H and O–H groups in total. The number of nitrogens with zero attached hydrogens (tertiary/aromatic N) is 2. The van der Waals surface area contributed by atoms with Crippen molar-refractivity contribution >= 4 is 17.6 Å². The highest BCUT2D eigenvalue weighted by atomic mass is 19.1. The van der Waals surface area contributed by atoms with Crippen molar-refractivity contribution in [3.8, 4) is 0 Å². The van der Waals surface area contributed by atoms with Crippen LogP contribution in [0.3, 0.4) is 0 Å². The summed E-state index contributed by atoms with van der Waals surface area (Å²) in [6.07, 6.45) is 1.52. The number of urea groups is 1. The van der Waals surface area contributed by atoms with E-state index >= 15 is 0 Å². The number of nitrogens with one attached hydrogen (secondary N) is 1. The number of benzene rings is 1. The third-order valence-corrected chi connectivity index (χ3v) is 6.12. The van der Waals surface area contributed by atoms with E-state index in [9.17, 15) is 14.0 Å². The van der Waals surface area contributed by atoms with E-state index in [-0.39, 0.29) is 23.3 Å². The smallest absolute Gasteiger partial charge is 0.321 e. The molecule has 3 amide bonds. The van der Waals surface area contributed by atoms with Crippen molar-refractivity contribution in [1.82, 2.24) is 9.80 Å². The van der Waals surface area contributed by atoms with Crippen LogP contribution in [0.2, 0.25) is 0 Å². The topological polar surface area (TPSA) is 71.1 Å². The molecule has 0 aliphatic carbocycles. The molecular formula is C20H26FN3O4. The Kier molecular flexibility index (Phi) is 5.50. The lowest BCUT2D eigenvalue weighted by atomic mass is 9.71. The first kappa shape index (κ1) is 19.1. The lowest BCUT2D eigenvalue weighted by Gasteiger charge is -2.39. The zero-order valence-electron chi connectivity index (χ0n) is 15.9. The molecule has 3 aliphatic heterocycles. The molecule has 1 spiro atoms. The molecule has 28 heavy (non-hydrogen) atoms. The fraction of sp³-hybridized carbons (Fsp3) is 0.600. The van der Waals surface area contributed by atoms with Crippen LogP contribution < -0.4 is 5.32 Å². The highest BCUT2D eigenvalue weighted by molar-refractivity contribution is 5.90. The Labute approximate surface area is 163 Å². The molecule has 3 fully saturated rings. The molecule has 4 rings (SSSR count). The molecule has 3 heterocycles. The number of morpholine rings is 1. The summed E-state index contributed by atoms with van der Waals surface area (Å²) in [5, 5.41) is 2.76. The summed E-state index contributed by atoms with van der Waals surface area (Å²) in [7, 11) is 0. The quantitative estimate of drug-likeness (QED) is 0.837. The fourth-order valence-electron chi connectivity index (χ4n) is 4.52. The first-order valence-corrected chi connectivity index (χ1v) is 9.83. The predicted molar refractivity (Wildman–Crippen MR) is 100 cm³/mol. The van der Waals surface area contributed by atoms with E-state index in [2.05, 4.69) is 5.32 Å². The molecular weight excluding hydrogens is 365 g/mol. The van der Waals surface area contributed by atoms with Crippen LogP contribution in [-0.2, 0) is 14.3 Å². The van der Waals surface area contributed by atoms with Crippen molar-refractivity contribution in [2.24, 2.45) is 11.3 Å². The highest BCUT2D eigenvalue weighted by Gasteiger charge is 2.52. The predicted octanol–water partition coefficient (Wildman–Crippen LogP) is 1.94. The molecule has 3 saturated heterocycles. The molecule has 0 radical (unpaired) electrons. The zero-order chi connectivity index (χ0) is 19.6. The zero-order valence-corrected chi connectivity index (χ0v) is 15.9. The van der Waals surface area contributed by atoms with Crippen molar-refractivity contribution in [2.75, 3.05) is 57.9 Å². The maximum Gasteiger partial charge on any atom is 0.321 e. The second-order valence-corrected chi connectivity index (χ2v) is 7.79. The van der Waals surface area contributed by atoms with Gasteiger partial charge in [-0.3, -0.25) is 4.79 Å². The minimum Gasteiger partial charge on any atom is -0.381 e. The lowest BCUT2D eigenvalue weighted by Crippen LogP contribution is -2.49. The summed E-state index contributed by atoms with van der Waals surface area (Å²) in [6, 6.07) is 5.53. The number of hydrogen-bond acceptors (Lipinski definition) is 4. The van der Waals surface area contributed by atoms with Crippen LogP contribution in [0.25, 0.3) is 0 Å². The molecule has 0 unspecified atom stereocenters. The Bertz CT molecular complexity index is 732. The van der Waals surface area contributed by atoms with Crippen LogP contribution in [-0.4, -0.2) is 74.3 Å². The van der Waals surface area contributed by atoms with Crippen LogP contribution >= 0.6 is 0 Å². The van der Waals surface area contributed by atoms with Crippen molar-refractivity contribution < 1.29 is 23.5 Å². The minimum absolute atomic E-state index is 0.103. The molecule has 3 aliphatic rings. The Hall–Kier alpha value is -2.19. The van der Waals surface area contributed by atoms with Gasteiger partial charge in [-0.1, -0.05) is 6.07 Å². The van der Waals surface area contributed by atoms with Gasteiger partial charge < -0.3 is 24.6 Å². The lowest BCUT2D eigenvalue weighted by molar-refractivity contribution is -0.144. The molecule has 1 aromatic rings. The average molecular weight is 391 g/mol. The Morgan fingerprint density at radius 1 is 1.07 bits per heavy atom. The minimum atomic E-state index is -0.402. The van der Waals surface area contributed by atoms with Gasteiger partial charge in [0.1, 0.15) is 5.82 Å². The number of rotatable bonds is 2. The molecule has 1 aromatic carbocycles. The highest BCUT2D eigenvalue weighted by Crippen LogP contribution is 2.45. The summed E-state index contributed by atoms with van der Waals surface area (Å²) in [5.41, 5.74) is 0.154. The van der Waals surface area contributed by atoms with Crippen molar-refractivity contribution in [1.29, 1.82) is 0 Å². The number of anilines is 1. The van der Waals surface area contributed by atoms with Crippen LogP contribution in [0.1, 0.15) is 12.8 Å². The van der Waals surface area contributed by atoms with Crippen molar-refractivity contribution in [3.05, 3.63) is 30.1 Å². The molecule has 0 bridgehead atoms. The molecule has 0 saturated carbocycles. The Morgan fingerprint density at radius 2 is 1.79 bits per heavy atom. The summed E-state index contributed by atoms with van der Waals surface area (Å²) in [5.74, 6) is -0.542. The van der Waals surface area contributed by atoms with Gasteiger partial charge in [-0.25, -0.2) is 9.18 Å². The van der Waals surface area contributed by atoms with Gasteiger partial charge in [0.05, 0.1) is 19.1 Å². The van der Waals surface area contributed by atoms with Gasteiger partial charge in [-0.2, -0.15) is 0 Å². The largest absolute Gasteiger partial charge is 0.381 e. The van der Waals surface area contributed by atoms with Gasteiger partial charge >= 0.3 is 6.03 Å². The Morgan fingerprint density at radius 3 is 2.50 bits per heavy atom. The van der Waals surface area contributed by atoms with Crippen LogP contribution in [0.4, 0.5) is 14.9 Å². The SMILES string of the molecule is O=C(Nc1cccc(F)c1)N1C[C@H](C(=O)N2CCOCC2)C2(CCOCC2)C1. The van der Waals surface area contributed by atoms with Gasteiger partial charge in [0, 0.05) is 50.5 Å². The monoisotopic (exact) mass is 391 g/mol. The van der Waals surface area contributed by atoms with Crippen LogP contribution in [0, 0.1) is 17.2 Å². The summed E-state index contributed by atoms with van der Waals surface area (Å²) in [6.45, 7) is 4.39. The van der Waals surface area contributed by atoms with Crippen LogP contribution in [0.15, 0.2) is 24.3 Å².